The lowest BCUT2D eigenvalue weighted by molar-refractivity contribution is -0.126. The quantitative estimate of drug-likeness (QED) is 0.392. The van der Waals surface area contributed by atoms with Crippen molar-refractivity contribution in [2.75, 3.05) is 25.1 Å². The third kappa shape index (κ3) is 5.52. The Balaban J connectivity index is 1.35. The lowest BCUT2D eigenvalue weighted by Gasteiger charge is -2.26. The van der Waals surface area contributed by atoms with E-state index in [4.69, 9.17) is 4.74 Å². The number of hydrogen-bond donors (Lipinski definition) is 3. The first-order valence-corrected chi connectivity index (χ1v) is 13.2. The fraction of sp³-hybridized carbons (Fsp3) is 0.379. The Labute approximate surface area is 230 Å². The molecule has 210 valence electrons. The van der Waals surface area contributed by atoms with Gasteiger partial charge in [-0.05, 0) is 43.9 Å². The number of benzene rings is 2. The summed E-state index contributed by atoms with van der Waals surface area (Å²) in [6.07, 6.45) is 2.45. The number of ether oxygens (including phenoxy) is 1. The number of anilines is 1. The summed E-state index contributed by atoms with van der Waals surface area (Å²) in [5.74, 6) is -2.73. The second-order valence-electron chi connectivity index (χ2n) is 10.1. The number of aliphatic hydroxyl groups is 1. The average molecular weight is 552 g/mol. The largest absolute Gasteiger partial charge is 0.394 e. The molecule has 2 aliphatic heterocycles. The number of aromatic nitrogens is 2. The highest BCUT2D eigenvalue weighted by Crippen LogP contribution is 2.34. The van der Waals surface area contributed by atoms with Crippen LogP contribution in [0.3, 0.4) is 0 Å². The molecule has 0 aliphatic carbocycles. The van der Waals surface area contributed by atoms with E-state index in [0.29, 0.717) is 18.8 Å². The maximum absolute atomic E-state index is 15.8. The van der Waals surface area contributed by atoms with E-state index in [1.807, 2.05) is 25.1 Å². The average Bonchev–Trinajstić information content (AvgIpc) is 3.30. The topological polar surface area (TPSA) is 117 Å². The van der Waals surface area contributed by atoms with Crippen LogP contribution in [-0.4, -0.2) is 63.7 Å². The van der Waals surface area contributed by atoms with Crippen molar-refractivity contribution >= 4 is 17.8 Å². The van der Waals surface area contributed by atoms with E-state index in [0.717, 1.165) is 30.2 Å². The number of aryl methyl sites for hydroxylation is 1. The fourth-order valence-electron chi connectivity index (χ4n) is 5.08. The van der Waals surface area contributed by atoms with Crippen LogP contribution in [0.5, 0.6) is 0 Å². The molecule has 3 heterocycles. The molecule has 0 spiro atoms. The van der Waals surface area contributed by atoms with E-state index in [2.05, 4.69) is 20.6 Å². The number of nitrogens with zero attached hydrogens (tertiary/aromatic N) is 3. The number of halogens is 2. The fourth-order valence-corrected chi connectivity index (χ4v) is 5.08. The molecule has 1 saturated heterocycles. The monoisotopic (exact) mass is 551 g/mol. The van der Waals surface area contributed by atoms with Crippen LogP contribution in [0.1, 0.15) is 52.9 Å². The van der Waals surface area contributed by atoms with Crippen molar-refractivity contribution in [2.24, 2.45) is 0 Å². The van der Waals surface area contributed by atoms with Crippen molar-refractivity contribution in [3.63, 3.8) is 0 Å². The minimum absolute atomic E-state index is 0.0109. The summed E-state index contributed by atoms with van der Waals surface area (Å²) in [6.45, 7) is 4.31. The Morgan fingerprint density at radius 3 is 2.73 bits per heavy atom. The van der Waals surface area contributed by atoms with Gasteiger partial charge in [0.15, 0.2) is 5.82 Å². The molecular formula is C29H31F2N5O4. The molecule has 2 aromatic carbocycles. The van der Waals surface area contributed by atoms with Crippen LogP contribution < -0.4 is 10.6 Å². The number of hydrogen-bond acceptors (Lipinski definition) is 7. The van der Waals surface area contributed by atoms with Crippen molar-refractivity contribution in [1.82, 2.24) is 20.2 Å². The second kappa shape index (κ2) is 11.6. The molecule has 2 amide bonds. The predicted molar refractivity (Wildman–Crippen MR) is 143 cm³/mol. The van der Waals surface area contributed by atoms with E-state index >= 15 is 4.39 Å². The number of nitrogens with one attached hydrogen (secondary N) is 2. The smallest absolute Gasteiger partial charge is 0.258 e. The van der Waals surface area contributed by atoms with Gasteiger partial charge in [0.2, 0.25) is 11.9 Å². The number of carbonyl (C=O) groups is 2. The highest BCUT2D eigenvalue weighted by molar-refractivity contribution is 6.02. The van der Waals surface area contributed by atoms with Gasteiger partial charge >= 0.3 is 0 Å². The highest BCUT2D eigenvalue weighted by atomic mass is 19.1. The van der Waals surface area contributed by atoms with Crippen LogP contribution >= 0.6 is 0 Å². The normalized spacial score (nSPS) is 16.9. The van der Waals surface area contributed by atoms with Crippen LogP contribution in [0, 0.1) is 18.6 Å². The van der Waals surface area contributed by atoms with Crippen molar-refractivity contribution < 1.29 is 28.2 Å². The van der Waals surface area contributed by atoms with Gasteiger partial charge in [-0.2, -0.15) is 0 Å². The molecule has 2 aliphatic rings. The minimum atomic E-state index is -0.951. The third-order valence-corrected chi connectivity index (χ3v) is 7.39. The van der Waals surface area contributed by atoms with Gasteiger partial charge in [-0.3, -0.25) is 9.59 Å². The number of rotatable bonds is 8. The Hall–Kier alpha value is -3.96. The predicted octanol–water partition coefficient (Wildman–Crippen LogP) is 3.52. The molecule has 1 aromatic heterocycles. The van der Waals surface area contributed by atoms with Crippen molar-refractivity contribution in [1.29, 1.82) is 0 Å². The van der Waals surface area contributed by atoms with E-state index in [9.17, 15) is 19.1 Å². The molecule has 3 N–H and O–H groups in total. The van der Waals surface area contributed by atoms with Crippen LogP contribution in [0.25, 0.3) is 11.3 Å². The van der Waals surface area contributed by atoms with E-state index in [1.54, 1.807) is 19.1 Å². The Bertz CT molecular complexity index is 1430. The van der Waals surface area contributed by atoms with Crippen LogP contribution in [0.2, 0.25) is 0 Å². The van der Waals surface area contributed by atoms with Gasteiger partial charge in [-0.1, -0.05) is 35.9 Å². The highest BCUT2D eigenvalue weighted by Gasteiger charge is 2.38. The Morgan fingerprint density at radius 1 is 1.23 bits per heavy atom. The first-order valence-electron chi connectivity index (χ1n) is 13.2. The number of fused-ring (bicyclic) bond motifs is 1. The minimum Gasteiger partial charge on any atom is -0.394 e. The maximum atomic E-state index is 15.8. The summed E-state index contributed by atoms with van der Waals surface area (Å²) in [5, 5.41) is 15.8. The standard InChI is InChI=1S/C29H31F2N5O4/c1-16-4-3-5-18(12-16)23(15-37)34-27(38)17(2)36-14-19-6-7-21(25(31)24(19)28(36)39)26-22(30)13-32-29(35-26)33-20-8-10-40-11-9-20/h3-7,12-13,17,20,23,37H,8-11,14-15H2,1-2H3,(H,34,38)(H,32,33,35)/t17-,23-/m1/s1. The molecule has 3 aromatic rings. The van der Waals surface area contributed by atoms with Crippen LogP contribution in [0.4, 0.5) is 14.7 Å². The molecule has 9 nitrogen and oxygen atoms in total. The van der Waals surface area contributed by atoms with Gasteiger partial charge in [0.1, 0.15) is 17.6 Å². The maximum Gasteiger partial charge on any atom is 0.258 e. The first-order chi connectivity index (χ1) is 19.3. The van der Waals surface area contributed by atoms with Gasteiger partial charge in [-0.15, -0.1) is 0 Å². The SMILES string of the molecule is Cc1cccc([C@@H](CO)NC(=O)[C@@H](C)N2Cc3ccc(-c4nc(NC5CCOCC5)ncc4F)c(F)c3C2=O)c1. The van der Waals surface area contributed by atoms with Gasteiger partial charge in [-0.25, -0.2) is 18.7 Å². The van der Waals surface area contributed by atoms with Crippen LogP contribution in [0.15, 0.2) is 42.6 Å². The molecule has 0 bridgehead atoms. The number of aliphatic hydroxyl groups excluding tert-OH is 1. The molecule has 0 saturated carbocycles. The molecule has 0 unspecified atom stereocenters. The lowest BCUT2D eigenvalue weighted by atomic mass is 10.0. The van der Waals surface area contributed by atoms with Gasteiger partial charge in [0, 0.05) is 31.4 Å². The van der Waals surface area contributed by atoms with Gasteiger partial charge in [0.25, 0.3) is 5.91 Å². The molecule has 40 heavy (non-hydrogen) atoms. The second-order valence-corrected chi connectivity index (χ2v) is 10.1. The molecule has 1 fully saturated rings. The summed E-state index contributed by atoms with van der Waals surface area (Å²) in [4.78, 5) is 35.9. The summed E-state index contributed by atoms with van der Waals surface area (Å²) >= 11 is 0. The Kier molecular flexibility index (Phi) is 8.04. The molecule has 11 heteroatoms. The third-order valence-electron chi connectivity index (χ3n) is 7.39. The molecular weight excluding hydrogens is 520 g/mol. The zero-order valence-corrected chi connectivity index (χ0v) is 22.3. The van der Waals surface area contributed by atoms with Crippen molar-refractivity contribution in [3.8, 4) is 11.3 Å². The number of amides is 2. The van der Waals surface area contributed by atoms with E-state index < -0.39 is 35.5 Å². The van der Waals surface area contributed by atoms with E-state index in [-0.39, 0.29) is 42.0 Å². The Morgan fingerprint density at radius 2 is 2.00 bits per heavy atom. The molecule has 0 radical (unpaired) electrons. The van der Waals surface area contributed by atoms with Crippen LogP contribution in [-0.2, 0) is 16.1 Å². The summed E-state index contributed by atoms with van der Waals surface area (Å²) in [5.41, 5.74) is 1.45. The first kappa shape index (κ1) is 27.6. The van der Waals surface area contributed by atoms with Crippen molar-refractivity contribution in [3.05, 3.63) is 76.5 Å². The number of carbonyl (C=O) groups excluding carboxylic acids is 2. The summed E-state index contributed by atoms with van der Waals surface area (Å²) in [7, 11) is 0. The molecule has 5 rings (SSSR count). The molecule has 2 atom stereocenters. The summed E-state index contributed by atoms with van der Waals surface area (Å²) in [6, 6.07) is 8.76. The van der Waals surface area contributed by atoms with Gasteiger partial charge in [0.05, 0.1) is 24.4 Å². The summed E-state index contributed by atoms with van der Waals surface area (Å²) < 4.78 is 35.9. The van der Waals surface area contributed by atoms with Crippen molar-refractivity contribution in [2.45, 2.75) is 51.4 Å². The zero-order chi connectivity index (χ0) is 28.4. The van der Waals surface area contributed by atoms with E-state index in [1.165, 1.54) is 11.0 Å². The van der Waals surface area contributed by atoms with Gasteiger partial charge < -0.3 is 25.4 Å². The zero-order valence-electron chi connectivity index (χ0n) is 22.3. The lowest BCUT2D eigenvalue weighted by Crippen LogP contribution is -2.46.